The summed E-state index contributed by atoms with van der Waals surface area (Å²) in [6, 6.07) is 2.10. The molecule has 0 radical (unpaired) electrons. The number of carbonyl (C=O) groups is 1. The van der Waals surface area contributed by atoms with E-state index in [0.717, 1.165) is 0 Å². The number of benzene rings is 1. The van der Waals surface area contributed by atoms with Gasteiger partial charge in [-0.2, -0.15) is 5.26 Å². The van der Waals surface area contributed by atoms with Crippen molar-refractivity contribution in [1.29, 1.82) is 5.26 Å². The minimum absolute atomic E-state index is 0.0101. The predicted octanol–water partition coefficient (Wildman–Crippen LogP) is 2.14. The van der Waals surface area contributed by atoms with Crippen molar-refractivity contribution in [3.05, 3.63) is 35.1 Å². The van der Waals surface area contributed by atoms with E-state index in [2.05, 4.69) is 5.32 Å². The molecule has 0 aliphatic rings. The largest absolute Gasteiger partial charge is 0.348 e. The third-order valence-electron chi connectivity index (χ3n) is 2.01. The normalized spacial score (nSPS) is 11.7. The van der Waals surface area contributed by atoms with Crippen LogP contribution in [0.15, 0.2) is 12.1 Å². The number of rotatable bonds is 3. The third kappa shape index (κ3) is 3.21. The van der Waals surface area contributed by atoms with E-state index in [1.807, 2.05) is 0 Å². The summed E-state index contributed by atoms with van der Waals surface area (Å²) in [6.07, 6.45) is 0.0101. The maximum absolute atomic E-state index is 13.2. The first kappa shape index (κ1) is 13.0. The molecule has 1 unspecified atom stereocenters. The number of halogens is 3. The van der Waals surface area contributed by atoms with Crippen LogP contribution in [0.1, 0.15) is 23.7 Å². The van der Waals surface area contributed by atoms with Crippen molar-refractivity contribution in [2.45, 2.75) is 19.4 Å². The van der Waals surface area contributed by atoms with Gasteiger partial charge in [0, 0.05) is 18.2 Å². The zero-order chi connectivity index (χ0) is 13.0. The van der Waals surface area contributed by atoms with Gasteiger partial charge < -0.3 is 5.32 Å². The van der Waals surface area contributed by atoms with Gasteiger partial charge in [0.05, 0.1) is 12.5 Å². The van der Waals surface area contributed by atoms with Gasteiger partial charge in [0.15, 0.2) is 0 Å². The molecule has 90 valence electrons. The predicted molar refractivity (Wildman–Crippen MR) is 53.5 cm³/mol. The Labute approximate surface area is 95.9 Å². The van der Waals surface area contributed by atoms with E-state index in [1.165, 1.54) is 6.92 Å². The van der Waals surface area contributed by atoms with Gasteiger partial charge in [-0.15, -0.1) is 0 Å². The maximum atomic E-state index is 13.2. The van der Waals surface area contributed by atoms with Crippen LogP contribution in [-0.4, -0.2) is 11.9 Å². The summed E-state index contributed by atoms with van der Waals surface area (Å²) < 4.78 is 39.0. The highest BCUT2D eigenvalue weighted by Gasteiger charge is 2.20. The van der Waals surface area contributed by atoms with Crippen LogP contribution in [0.2, 0.25) is 0 Å². The minimum Gasteiger partial charge on any atom is -0.348 e. The standard InChI is InChI=1S/C11H9F3N2O/c1-6(2-3-15)16-11(17)10-8(13)4-7(12)5-9(10)14/h4-6H,2H2,1H3,(H,16,17). The molecule has 0 saturated heterocycles. The van der Waals surface area contributed by atoms with Gasteiger partial charge in [0.25, 0.3) is 5.91 Å². The summed E-state index contributed by atoms with van der Waals surface area (Å²) in [7, 11) is 0. The summed E-state index contributed by atoms with van der Waals surface area (Å²) in [5, 5.41) is 10.6. The van der Waals surface area contributed by atoms with Crippen molar-refractivity contribution < 1.29 is 18.0 Å². The second-order valence-electron chi connectivity index (χ2n) is 3.48. The first-order chi connectivity index (χ1) is 7.95. The first-order valence-corrected chi connectivity index (χ1v) is 4.78. The lowest BCUT2D eigenvalue weighted by atomic mass is 10.1. The molecule has 1 rings (SSSR count). The SMILES string of the molecule is CC(CC#N)NC(=O)c1c(F)cc(F)cc1F. The lowest BCUT2D eigenvalue weighted by Gasteiger charge is -2.11. The molecule has 1 N–H and O–H groups in total. The lowest BCUT2D eigenvalue weighted by molar-refractivity contribution is 0.0932. The van der Waals surface area contributed by atoms with Gasteiger partial charge in [-0.3, -0.25) is 4.79 Å². The second kappa shape index (κ2) is 5.34. The number of nitriles is 1. The van der Waals surface area contributed by atoms with Gasteiger partial charge in [-0.25, -0.2) is 13.2 Å². The fourth-order valence-electron chi connectivity index (χ4n) is 1.24. The average Bonchev–Trinajstić information content (AvgIpc) is 2.15. The van der Waals surface area contributed by atoms with Crippen LogP contribution in [0.4, 0.5) is 13.2 Å². The van der Waals surface area contributed by atoms with Crippen molar-refractivity contribution in [2.75, 3.05) is 0 Å². The summed E-state index contributed by atoms with van der Waals surface area (Å²) >= 11 is 0. The number of hydrogen-bond donors (Lipinski definition) is 1. The molecule has 0 aliphatic carbocycles. The summed E-state index contributed by atoms with van der Waals surface area (Å²) in [5.74, 6) is -4.65. The molecule has 0 aliphatic heterocycles. The van der Waals surface area contributed by atoms with Crippen LogP contribution in [0.5, 0.6) is 0 Å². The molecular formula is C11H9F3N2O. The zero-order valence-electron chi connectivity index (χ0n) is 8.93. The van der Waals surface area contributed by atoms with Crippen molar-refractivity contribution in [1.82, 2.24) is 5.32 Å². The molecule has 1 aromatic rings. The molecule has 1 aromatic carbocycles. The quantitative estimate of drug-likeness (QED) is 0.882. The molecule has 0 aromatic heterocycles. The van der Waals surface area contributed by atoms with Crippen LogP contribution < -0.4 is 5.32 Å². The Morgan fingerprint density at radius 1 is 1.41 bits per heavy atom. The molecule has 0 heterocycles. The molecule has 0 spiro atoms. The number of carbonyl (C=O) groups excluding carboxylic acids is 1. The Bertz CT molecular complexity index is 459. The molecule has 1 amide bonds. The topological polar surface area (TPSA) is 52.9 Å². The van der Waals surface area contributed by atoms with Crippen molar-refractivity contribution in [2.24, 2.45) is 0 Å². The Hall–Kier alpha value is -2.03. The highest BCUT2D eigenvalue weighted by molar-refractivity contribution is 5.94. The number of nitrogens with zero attached hydrogens (tertiary/aromatic N) is 1. The van der Waals surface area contributed by atoms with Crippen molar-refractivity contribution >= 4 is 5.91 Å². The fourth-order valence-corrected chi connectivity index (χ4v) is 1.24. The van der Waals surface area contributed by atoms with Gasteiger partial charge in [0.1, 0.15) is 23.0 Å². The van der Waals surface area contributed by atoms with Crippen LogP contribution in [0, 0.1) is 28.8 Å². The Kier molecular flexibility index (Phi) is 4.10. The van der Waals surface area contributed by atoms with E-state index < -0.39 is 35.0 Å². The molecule has 1 atom stereocenters. The van der Waals surface area contributed by atoms with E-state index in [0.29, 0.717) is 12.1 Å². The lowest BCUT2D eigenvalue weighted by Crippen LogP contribution is -2.33. The molecule has 6 heteroatoms. The van der Waals surface area contributed by atoms with Crippen LogP contribution >= 0.6 is 0 Å². The van der Waals surface area contributed by atoms with Gasteiger partial charge in [0.2, 0.25) is 0 Å². The van der Waals surface area contributed by atoms with Crippen molar-refractivity contribution in [3.63, 3.8) is 0 Å². The fraction of sp³-hybridized carbons (Fsp3) is 0.273. The number of nitrogens with one attached hydrogen (secondary N) is 1. The van der Waals surface area contributed by atoms with Gasteiger partial charge in [-0.05, 0) is 6.92 Å². The highest BCUT2D eigenvalue weighted by atomic mass is 19.1. The van der Waals surface area contributed by atoms with Crippen LogP contribution in [0.3, 0.4) is 0 Å². The smallest absolute Gasteiger partial charge is 0.257 e. The summed E-state index contributed by atoms with van der Waals surface area (Å²) in [4.78, 5) is 11.5. The van der Waals surface area contributed by atoms with E-state index >= 15 is 0 Å². The average molecular weight is 242 g/mol. The minimum atomic E-state index is -1.27. The molecule has 3 nitrogen and oxygen atoms in total. The third-order valence-corrected chi connectivity index (χ3v) is 2.01. The molecular weight excluding hydrogens is 233 g/mol. The maximum Gasteiger partial charge on any atom is 0.257 e. The number of amides is 1. The molecule has 0 bridgehead atoms. The summed E-state index contributed by atoms with van der Waals surface area (Å²) in [5.41, 5.74) is -0.851. The Morgan fingerprint density at radius 2 is 1.94 bits per heavy atom. The van der Waals surface area contributed by atoms with E-state index in [1.54, 1.807) is 6.07 Å². The zero-order valence-corrected chi connectivity index (χ0v) is 8.93. The summed E-state index contributed by atoms with van der Waals surface area (Å²) in [6.45, 7) is 1.51. The van der Waals surface area contributed by atoms with E-state index in [4.69, 9.17) is 5.26 Å². The number of hydrogen-bond acceptors (Lipinski definition) is 2. The molecule has 17 heavy (non-hydrogen) atoms. The molecule has 0 saturated carbocycles. The van der Waals surface area contributed by atoms with Crippen LogP contribution in [0.25, 0.3) is 0 Å². The first-order valence-electron chi connectivity index (χ1n) is 4.78. The Morgan fingerprint density at radius 3 is 2.41 bits per heavy atom. The van der Waals surface area contributed by atoms with Crippen LogP contribution in [-0.2, 0) is 0 Å². The molecule has 0 fully saturated rings. The van der Waals surface area contributed by atoms with E-state index in [-0.39, 0.29) is 6.42 Å². The monoisotopic (exact) mass is 242 g/mol. The van der Waals surface area contributed by atoms with E-state index in [9.17, 15) is 18.0 Å². The second-order valence-corrected chi connectivity index (χ2v) is 3.48. The van der Waals surface area contributed by atoms with Crippen molar-refractivity contribution in [3.8, 4) is 6.07 Å². The van der Waals surface area contributed by atoms with Gasteiger partial charge >= 0.3 is 0 Å². The highest BCUT2D eigenvalue weighted by Crippen LogP contribution is 2.14. The van der Waals surface area contributed by atoms with Gasteiger partial charge in [-0.1, -0.05) is 0 Å². The Balaban J connectivity index is 2.94.